The SMILES string of the molecule is Cc1cc(NC(=O)C(=O)NCc2ccc(-c3ccco3)o2)no1. The first-order valence-electron chi connectivity index (χ1n) is 6.77. The van der Waals surface area contributed by atoms with E-state index in [0.717, 1.165) is 0 Å². The first kappa shape index (κ1) is 14.6. The molecule has 0 spiro atoms. The molecule has 0 atom stereocenters. The van der Waals surface area contributed by atoms with E-state index < -0.39 is 11.8 Å². The van der Waals surface area contributed by atoms with Crippen molar-refractivity contribution in [2.75, 3.05) is 5.32 Å². The molecule has 0 aliphatic rings. The third-order valence-corrected chi connectivity index (χ3v) is 2.92. The van der Waals surface area contributed by atoms with Gasteiger partial charge < -0.3 is 18.7 Å². The number of nitrogens with one attached hydrogen (secondary N) is 2. The Hall–Kier alpha value is -3.29. The number of rotatable bonds is 4. The quantitative estimate of drug-likeness (QED) is 0.713. The van der Waals surface area contributed by atoms with Gasteiger partial charge in [-0.1, -0.05) is 5.16 Å². The second-order valence-corrected chi connectivity index (χ2v) is 4.70. The minimum absolute atomic E-state index is 0.0742. The van der Waals surface area contributed by atoms with Gasteiger partial charge in [-0.3, -0.25) is 14.9 Å². The molecule has 0 bridgehead atoms. The predicted molar refractivity (Wildman–Crippen MR) is 78.1 cm³/mol. The summed E-state index contributed by atoms with van der Waals surface area (Å²) in [6, 6.07) is 8.42. The first-order chi connectivity index (χ1) is 11.1. The number of amides is 2. The largest absolute Gasteiger partial charge is 0.461 e. The van der Waals surface area contributed by atoms with Gasteiger partial charge in [-0.2, -0.15) is 0 Å². The highest BCUT2D eigenvalue weighted by Crippen LogP contribution is 2.22. The number of aromatic nitrogens is 1. The number of aryl methyl sites for hydroxylation is 1. The van der Waals surface area contributed by atoms with Gasteiger partial charge in [0.05, 0.1) is 12.8 Å². The minimum atomic E-state index is -0.837. The summed E-state index contributed by atoms with van der Waals surface area (Å²) in [4.78, 5) is 23.4. The van der Waals surface area contributed by atoms with Crippen molar-refractivity contribution in [2.24, 2.45) is 0 Å². The van der Waals surface area contributed by atoms with E-state index in [1.165, 1.54) is 12.3 Å². The molecule has 3 heterocycles. The lowest BCUT2D eigenvalue weighted by molar-refractivity contribution is -0.136. The maximum absolute atomic E-state index is 11.7. The summed E-state index contributed by atoms with van der Waals surface area (Å²) in [5.41, 5.74) is 0. The highest BCUT2D eigenvalue weighted by Gasteiger charge is 2.16. The van der Waals surface area contributed by atoms with Gasteiger partial charge in [-0.25, -0.2) is 0 Å². The van der Waals surface area contributed by atoms with Crippen LogP contribution in [0.25, 0.3) is 11.5 Å². The number of carbonyl (C=O) groups is 2. The topological polar surface area (TPSA) is 111 Å². The maximum Gasteiger partial charge on any atom is 0.314 e. The number of furan rings is 2. The molecule has 2 N–H and O–H groups in total. The van der Waals surface area contributed by atoms with Crippen molar-refractivity contribution in [3.05, 3.63) is 48.1 Å². The smallest absolute Gasteiger partial charge is 0.314 e. The molecule has 0 radical (unpaired) electrons. The molecule has 118 valence electrons. The Morgan fingerprint density at radius 3 is 2.74 bits per heavy atom. The van der Waals surface area contributed by atoms with Gasteiger partial charge in [-0.05, 0) is 31.2 Å². The van der Waals surface area contributed by atoms with Crippen molar-refractivity contribution in [1.29, 1.82) is 0 Å². The molecule has 0 saturated carbocycles. The van der Waals surface area contributed by atoms with Gasteiger partial charge in [0.15, 0.2) is 17.3 Å². The van der Waals surface area contributed by atoms with Gasteiger partial charge in [0, 0.05) is 6.07 Å². The molecule has 3 aromatic rings. The third-order valence-electron chi connectivity index (χ3n) is 2.92. The lowest BCUT2D eigenvalue weighted by Crippen LogP contribution is -2.34. The van der Waals surface area contributed by atoms with Crippen LogP contribution < -0.4 is 10.6 Å². The summed E-state index contributed by atoms with van der Waals surface area (Å²) in [7, 11) is 0. The molecule has 0 aliphatic heterocycles. The lowest BCUT2D eigenvalue weighted by atomic mass is 10.3. The van der Waals surface area contributed by atoms with E-state index in [4.69, 9.17) is 13.4 Å². The summed E-state index contributed by atoms with van der Waals surface area (Å²) in [5, 5.41) is 8.35. The van der Waals surface area contributed by atoms with Crippen molar-refractivity contribution in [3.8, 4) is 11.5 Å². The van der Waals surface area contributed by atoms with E-state index in [2.05, 4.69) is 15.8 Å². The van der Waals surface area contributed by atoms with E-state index in [1.807, 2.05) is 0 Å². The molecule has 2 amide bonds. The average Bonchev–Trinajstić information content (AvgIpc) is 3.26. The van der Waals surface area contributed by atoms with Crippen LogP contribution in [0.5, 0.6) is 0 Å². The summed E-state index contributed by atoms with van der Waals surface area (Å²) in [6.07, 6.45) is 1.54. The molecule has 0 saturated heterocycles. The van der Waals surface area contributed by atoms with Crippen molar-refractivity contribution < 1.29 is 22.9 Å². The van der Waals surface area contributed by atoms with Crippen LogP contribution in [0.1, 0.15) is 11.5 Å². The highest BCUT2D eigenvalue weighted by atomic mass is 16.5. The van der Waals surface area contributed by atoms with Crippen LogP contribution in [-0.4, -0.2) is 17.0 Å². The number of hydrogen-bond acceptors (Lipinski definition) is 6. The molecule has 0 unspecified atom stereocenters. The Kier molecular flexibility index (Phi) is 3.96. The van der Waals surface area contributed by atoms with Gasteiger partial charge in [0.25, 0.3) is 0 Å². The second-order valence-electron chi connectivity index (χ2n) is 4.70. The molecule has 3 rings (SSSR count). The van der Waals surface area contributed by atoms with Gasteiger partial charge in [-0.15, -0.1) is 0 Å². The fraction of sp³-hybridized carbons (Fsp3) is 0.133. The minimum Gasteiger partial charge on any atom is -0.461 e. The monoisotopic (exact) mass is 315 g/mol. The zero-order valence-corrected chi connectivity index (χ0v) is 12.2. The normalized spacial score (nSPS) is 10.5. The summed E-state index contributed by atoms with van der Waals surface area (Å²) >= 11 is 0. The Labute approximate surface area is 130 Å². The molecule has 3 aromatic heterocycles. The average molecular weight is 315 g/mol. The second kappa shape index (κ2) is 6.22. The van der Waals surface area contributed by atoms with Crippen LogP contribution in [0.3, 0.4) is 0 Å². The Bertz CT molecular complexity index is 816. The molecule has 0 aliphatic carbocycles. The van der Waals surface area contributed by atoms with Gasteiger partial charge in [0.2, 0.25) is 0 Å². The van der Waals surface area contributed by atoms with E-state index in [0.29, 0.717) is 23.0 Å². The van der Waals surface area contributed by atoms with E-state index >= 15 is 0 Å². The van der Waals surface area contributed by atoms with Crippen molar-refractivity contribution in [3.63, 3.8) is 0 Å². The summed E-state index contributed by atoms with van der Waals surface area (Å²) in [6.45, 7) is 1.75. The highest BCUT2D eigenvalue weighted by molar-refractivity contribution is 6.39. The van der Waals surface area contributed by atoms with E-state index in [9.17, 15) is 9.59 Å². The van der Waals surface area contributed by atoms with Crippen molar-refractivity contribution in [2.45, 2.75) is 13.5 Å². The van der Waals surface area contributed by atoms with Crippen molar-refractivity contribution >= 4 is 17.6 Å². The Balaban J connectivity index is 1.53. The number of anilines is 1. The molecular weight excluding hydrogens is 302 g/mol. The third kappa shape index (κ3) is 3.49. The van der Waals surface area contributed by atoms with Crippen LogP contribution in [0.4, 0.5) is 5.82 Å². The van der Waals surface area contributed by atoms with Crippen LogP contribution >= 0.6 is 0 Å². The predicted octanol–water partition coefficient (Wildman–Crippen LogP) is 2.09. The molecule has 8 nitrogen and oxygen atoms in total. The van der Waals surface area contributed by atoms with Crippen LogP contribution in [0, 0.1) is 6.92 Å². The van der Waals surface area contributed by atoms with Crippen LogP contribution in [0.2, 0.25) is 0 Å². The van der Waals surface area contributed by atoms with Crippen molar-refractivity contribution in [1.82, 2.24) is 10.5 Å². The van der Waals surface area contributed by atoms with Crippen LogP contribution in [-0.2, 0) is 16.1 Å². The maximum atomic E-state index is 11.7. The fourth-order valence-corrected chi connectivity index (χ4v) is 1.87. The molecule has 8 heteroatoms. The molecule has 0 aromatic carbocycles. The zero-order valence-electron chi connectivity index (χ0n) is 12.2. The van der Waals surface area contributed by atoms with Gasteiger partial charge in [0.1, 0.15) is 11.5 Å². The summed E-state index contributed by atoms with van der Waals surface area (Å²) < 4.78 is 15.5. The molecular formula is C15H13N3O5. The lowest BCUT2D eigenvalue weighted by Gasteiger charge is -2.02. The number of carbonyl (C=O) groups excluding carboxylic acids is 2. The van der Waals surface area contributed by atoms with Crippen LogP contribution in [0.15, 0.2) is 50.0 Å². The van der Waals surface area contributed by atoms with Gasteiger partial charge >= 0.3 is 11.8 Å². The molecule has 0 fully saturated rings. The Morgan fingerprint density at radius 2 is 2.04 bits per heavy atom. The zero-order chi connectivity index (χ0) is 16.2. The molecule has 23 heavy (non-hydrogen) atoms. The number of hydrogen-bond donors (Lipinski definition) is 2. The fourth-order valence-electron chi connectivity index (χ4n) is 1.87. The van der Waals surface area contributed by atoms with E-state index in [-0.39, 0.29) is 12.4 Å². The Morgan fingerprint density at radius 1 is 1.17 bits per heavy atom. The van der Waals surface area contributed by atoms with E-state index in [1.54, 1.807) is 31.2 Å². The number of nitrogens with zero attached hydrogens (tertiary/aromatic N) is 1. The first-order valence-corrected chi connectivity index (χ1v) is 6.77. The summed E-state index contributed by atoms with van der Waals surface area (Å²) in [5.74, 6) is 0.693. The standard InChI is InChI=1S/C15H13N3O5/c1-9-7-13(18-23-9)17-15(20)14(19)16-8-10-4-5-12(22-10)11-3-2-6-21-11/h2-7H,8H2,1H3,(H,16,19)(H,17,18,20).